The summed E-state index contributed by atoms with van der Waals surface area (Å²) < 4.78 is 12.1. The summed E-state index contributed by atoms with van der Waals surface area (Å²) in [7, 11) is 0. The average molecular weight is 406 g/mol. The molecule has 0 heterocycles. The number of nitrogens with one attached hydrogen (secondary N) is 1. The van der Waals surface area contributed by atoms with E-state index in [0.717, 1.165) is 22.2 Å². The highest BCUT2D eigenvalue weighted by atomic mass is 79.9. The monoisotopic (exact) mass is 405 g/mol. The van der Waals surface area contributed by atoms with Gasteiger partial charge in [0.15, 0.2) is 6.61 Å². The zero-order chi connectivity index (χ0) is 18.2. The van der Waals surface area contributed by atoms with E-state index in [-0.39, 0.29) is 12.5 Å². The van der Waals surface area contributed by atoms with Gasteiger partial charge in [0.2, 0.25) is 0 Å². The Morgan fingerprint density at radius 3 is 2.64 bits per heavy atom. The van der Waals surface area contributed by atoms with Gasteiger partial charge in [-0.05, 0) is 71.1 Å². The number of rotatable bonds is 8. The van der Waals surface area contributed by atoms with Crippen LogP contribution in [0.2, 0.25) is 0 Å². The fraction of sp³-hybridized carbons (Fsp3) is 0.350. The van der Waals surface area contributed by atoms with Crippen molar-refractivity contribution in [3.63, 3.8) is 0 Å². The van der Waals surface area contributed by atoms with Crippen molar-refractivity contribution in [1.29, 1.82) is 0 Å². The third kappa shape index (κ3) is 5.78. The minimum atomic E-state index is -0.170. The highest BCUT2D eigenvalue weighted by Gasteiger charge is 2.07. The van der Waals surface area contributed by atoms with E-state index in [1.165, 1.54) is 11.1 Å². The van der Waals surface area contributed by atoms with Crippen LogP contribution < -0.4 is 14.8 Å². The largest absolute Gasteiger partial charge is 0.491 e. The minimum Gasteiger partial charge on any atom is -0.491 e. The maximum Gasteiger partial charge on any atom is 0.258 e. The first-order chi connectivity index (χ1) is 12.0. The Labute approximate surface area is 157 Å². The van der Waals surface area contributed by atoms with Crippen LogP contribution in [0, 0.1) is 13.8 Å². The first kappa shape index (κ1) is 19.3. The molecule has 0 radical (unpaired) electrons. The van der Waals surface area contributed by atoms with Crippen molar-refractivity contribution in [1.82, 2.24) is 5.32 Å². The van der Waals surface area contributed by atoms with E-state index in [1.54, 1.807) is 0 Å². The van der Waals surface area contributed by atoms with Crippen LogP contribution in [0.1, 0.15) is 23.6 Å². The van der Waals surface area contributed by atoms with Gasteiger partial charge in [0.1, 0.15) is 18.1 Å². The number of carbonyl (C=O) groups is 1. The molecule has 0 saturated heterocycles. The van der Waals surface area contributed by atoms with Crippen LogP contribution in [0.25, 0.3) is 0 Å². The van der Waals surface area contributed by atoms with Gasteiger partial charge < -0.3 is 14.8 Å². The zero-order valence-electron chi connectivity index (χ0n) is 14.9. The fourth-order valence-electron chi connectivity index (χ4n) is 2.31. The molecular weight excluding hydrogens is 382 g/mol. The molecule has 4 nitrogen and oxygen atoms in total. The van der Waals surface area contributed by atoms with Crippen LogP contribution >= 0.6 is 15.9 Å². The molecule has 1 N–H and O–H groups in total. The lowest BCUT2D eigenvalue weighted by atomic mass is 10.1. The van der Waals surface area contributed by atoms with Gasteiger partial charge in [-0.1, -0.05) is 25.1 Å². The summed E-state index contributed by atoms with van der Waals surface area (Å²) in [4.78, 5) is 11.9. The molecule has 0 bridgehead atoms. The van der Waals surface area contributed by atoms with Crippen LogP contribution in [0.4, 0.5) is 0 Å². The Bertz CT molecular complexity index is 731. The summed E-state index contributed by atoms with van der Waals surface area (Å²) >= 11 is 3.46. The Hall–Kier alpha value is -2.01. The summed E-state index contributed by atoms with van der Waals surface area (Å²) in [6, 6.07) is 11.8. The zero-order valence-corrected chi connectivity index (χ0v) is 16.5. The van der Waals surface area contributed by atoms with Crippen LogP contribution in [-0.2, 0) is 11.2 Å². The molecule has 2 aromatic carbocycles. The number of carbonyl (C=O) groups excluding carboxylic acids is 1. The molecule has 0 spiro atoms. The number of hydrogen-bond donors (Lipinski definition) is 1. The van der Waals surface area contributed by atoms with E-state index in [4.69, 9.17) is 9.47 Å². The highest BCUT2D eigenvalue weighted by Crippen LogP contribution is 2.26. The van der Waals surface area contributed by atoms with E-state index in [2.05, 4.69) is 28.2 Å². The number of halogens is 1. The molecule has 0 aromatic heterocycles. The molecule has 0 aliphatic heterocycles. The van der Waals surface area contributed by atoms with E-state index in [1.807, 2.05) is 50.2 Å². The van der Waals surface area contributed by atoms with Gasteiger partial charge in [0.05, 0.1) is 11.0 Å². The molecule has 0 aliphatic rings. The van der Waals surface area contributed by atoms with Crippen molar-refractivity contribution in [2.45, 2.75) is 27.2 Å². The van der Waals surface area contributed by atoms with Crippen LogP contribution in [0.15, 0.2) is 40.9 Å². The van der Waals surface area contributed by atoms with E-state index in [9.17, 15) is 4.79 Å². The Kier molecular flexibility index (Phi) is 7.31. The van der Waals surface area contributed by atoms with E-state index >= 15 is 0 Å². The molecule has 0 fully saturated rings. The van der Waals surface area contributed by atoms with Crippen molar-refractivity contribution >= 4 is 21.8 Å². The number of hydrogen-bond acceptors (Lipinski definition) is 3. The van der Waals surface area contributed by atoms with Crippen molar-refractivity contribution in [2.24, 2.45) is 0 Å². The molecule has 0 atom stereocenters. The van der Waals surface area contributed by atoms with Crippen molar-refractivity contribution in [3.05, 3.63) is 57.6 Å². The summed E-state index contributed by atoms with van der Waals surface area (Å²) in [6.45, 7) is 7.01. The first-order valence-corrected chi connectivity index (χ1v) is 9.17. The predicted octanol–water partition coefficient (Wildman–Crippen LogP) is 4.20. The molecule has 25 heavy (non-hydrogen) atoms. The molecule has 0 unspecified atom stereocenters. The third-order valence-corrected chi connectivity index (χ3v) is 4.62. The van der Waals surface area contributed by atoms with Gasteiger partial charge in [0.25, 0.3) is 5.91 Å². The molecule has 134 valence electrons. The maximum atomic E-state index is 11.9. The second-order valence-electron chi connectivity index (χ2n) is 5.80. The number of benzene rings is 2. The predicted molar refractivity (Wildman–Crippen MR) is 103 cm³/mol. The SMILES string of the molecule is CCc1ccc(OCC(=O)NCCOc2cccc(C)c2C)c(Br)c1. The molecule has 2 rings (SSSR count). The van der Waals surface area contributed by atoms with Gasteiger partial charge in [-0.3, -0.25) is 4.79 Å². The third-order valence-electron chi connectivity index (χ3n) is 4.00. The molecule has 1 amide bonds. The van der Waals surface area contributed by atoms with Crippen LogP contribution in [-0.4, -0.2) is 25.7 Å². The lowest BCUT2D eigenvalue weighted by molar-refractivity contribution is -0.123. The van der Waals surface area contributed by atoms with Crippen LogP contribution in [0.3, 0.4) is 0 Å². The van der Waals surface area contributed by atoms with Crippen molar-refractivity contribution in [3.8, 4) is 11.5 Å². The normalized spacial score (nSPS) is 10.4. The average Bonchev–Trinajstić information content (AvgIpc) is 2.61. The quantitative estimate of drug-likeness (QED) is 0.669. The molecule has 0 saturated carbocycles. The number of ether oxygens (including phenoxy) is 2. The molecule has 0 aliphatic carbocycles. The van der Waals surface area contributed by atoms with E-state index in [0.29, 0.717) is 18.9 Å². The Morgan fingerprint density at radius 2 is 1.92 bits per heavy atom. The lowest BCUT2D eigenvalue weighted by Gasteiger charge is -2.12. The Morgan fingerprint density at radius 1 is 1.12 bits per heavy atom. The summed E-state index contributed by atoms with van der Waals surface area (Å²) in [5.74, 6) is 1.35. The second-order valence-corrected chi connectivity index (χ2v) is 6.66. The maximum absolute atomic E-state index is 11.9. The van der Waals surface area contributed by atoms with E-state index < -0.39 is 0 Å². The topological polar surface area (TPSA) is 47.6 Å². The number of aryl methyl sites for hydroxylation is 2. The summed E-state index contributed by atoms with van der Waals surface area (Å²) in [5, 5.41) is 2.80. The molecular formula is C20H24BrNO3. The fourth-order valence-corrected chi connectivity index (χ4v) is 2.85. The summed E-state index contributed by atoms with van der Waals surface area (Å²) in [5.41, 5.74) is 3.53. The lowest BCUT2D eigenvalue weighted by Crippen LogP contribution is -2.32. The Balaban J connectivity index is 1.71. The minimum absolute atomic E-state index is 0.0203. The van der Waals surface area contributed by atoms with Gasteiger partial charge >= 0.3 is 0 Å². The van der Waals surface area contributed by atoms with Crippen molar-refractivity contribution in [2.75, 3.05) is 19.8 Å². The smallest absolute Gasteiger partial charge is 0.258 e. The molecule has 5 heteroatoms. The van der Waals surface area contributed by atoms with Crippen molar-refractivity contribution < 1.29 is 14.3 Å². The standard InChI is InChI=1S/C20H24BrNO3/c1-4-16-8-9-19(17(21)12-16)25-13-20(23)22-10-11-24-18-7-5-6-14(2)15(18)3/h5-9,12H,4,10-11,13H2,1-3H3,(H,22,23). The summed E-state index contributed by atoms with van der Waals surface area (Å²) in [6.07, 6.45) is 0.958. The first-order valence-electron chi connectivity index (χ1n) is 8.38. The molecule has 2 aromatic rings. The highest BCUT2D eigenvalue weighted by molar-refractivity contribution is 9.10. The number of amides is 1. The van der Waals surface area contributed by atoms with Gasteiger partial charge in [-0.25, -0.2) is 0 Å². The van der Waals surface area contributed by atoms with Crippen LogP contribution in [0.5, 0.6) is 11.5 Å². The second kappa shape index (κ2) is 9.47. The van der Waals surface area contributed by atoms with Gasteiger partial charge in [-0.2, -0.15) is 0 Å². The van der Waals surface area contributed by atoms with Gasteiger partial charge in [-0.15, -0.1) is 0 Å². The van der Waals surface area contributed by atoms with Gasteiger partial charge in [0, 0.05) is 0 Å².